The van der Waals surface area contributed by atoms with Crippen molar-refractivity contribution in [2.45, 2.75) is 38.1 Å². The highest BCUT2D eigenvalue weighted by Crippen LogP contribution is 2.42. The molecule has 7 heteroatoms. The molecule has 3 rings (SSSR count). The summed E-state index contributed by atoms with van der Waals surface area (Å²) in [5, 5.41) is 0.0700. The van der Waals surface area contributed by atoms with E-state index in [1.54, 1.807) is 18.4 Å². The lowest BCUT2D eigenvalue weighted by Gasteiger charge is -2.16. The Morgan fingerprint density at radius 2 is 1.68 bits per heavy atom. The molecule has 1 atom stereocenters. The topological polar surface area (TPSA) is 65.4 Å². The smallest absolute Gasteiger partial charge is 0.313 e. The highest BCUT2D eigenvalue weighted by atomic mass is 32.2. The standard InChI is InChI=1S/C24H26FNO4S/c1-5-20(24(27)30-6-2)21-16(3)26(19-14-12-18(25)13-15-19)23(31(4,28)29)22(21)17-10-8-7-9-11-17/h7-15,20H,5-6H2,1-4H3. The van der Waals surface area contributed by atoms with E-state index in [1.807, 2.05) is 37.3 Å². The number of esters is 1. The predicted octanol–water partition coefficient (Wildman–Crippen LogP) is 5.05. The number of ether oxygens (including phenoxy) is 1. The zero-order chi connectivity index (χ0) is 22.8. The summed E-state index contributed by atoms with van der Waals surface area (Å²) in [5.74, 6) is -1.46. The molecule has 0 amide bonds. The first-order valence-corrected chi connectivity index (χ1v) is 12.0. The Morgan fingerprint density at radius 3 is 2.19 bits per heavy atom. The van der Waals surface area contributed by atoms with Gasteiger partial charge in [0.15, 0.2) is 9.84 Å². The van der Waals surface area contributed by atoms with Gasteiger partial charge in [0, 0.05) is 23.2 Å². The molecule has 5 nitrogen and oxygen atoms in total. The van der Waals surface area contributed by atoms with E-state index in [1.165, 1.54) is 24.3 Å². The quantitative estimate of drug-likeness (QED) is 0.479. The molecular formula is C24H26FNO4S. The van der Waals surface area contributed by atoms with Gasteiger partial charge >= 0.3 is 5.97 Å². The number of sulfone groups is 1. The van der Waals surface area contributed by atoms with Crippen LogP contribution in [-0.2, 0) is 19.4 Å². The van der Waals surface area contributed by atoms with Crippen LogP contribution in [0.1, 0.15) is 37.4 Å². The zero-order valence-corrected chi connectivity index (χ0v) is 18.9. The number of carbonyl (C=O) groups excluding carboxylic acids is 1. The molecule has 0 aliphatic rings. The van der Waals surface area contributed by atoms with Crippen molar-refractivity contribution >= 4 is 15.8 Å². The first-order valence-electron chi connectivity index (χ1n) is 10.1. The summed E-state index contributed by atoms with van der Waals surface area (Å²) in [4.78, 5) is 12.8. The molecule has 0 saturated heterocycles. The van der Waals surface area contributed by atoms with E-state index in [4.69, 9.17) is 4.74 Å². The van der Waals surface area contributed by atoms with Crippen molar-refractivity contribution in [1.82, 2.24) is 4.57 Å². The Morgan fingerprint density at radius 1 is 1.06 bits per heavy atom. The molecule has 0 aliphatic heterocycles. The second-order valence-corrected chi connectivity index (χ2v) is 9.27. The minimum absolute atomic E-state index is 0.0700. The SMILES string of the molecule is CCOC(=O)C(CC)c1c(-c2ccccc2)c(S(C)(=O)=O)n(-c2ccc(F)cc2)c1C. The average molecular weight is 444 g/mol. The van der Waals surface area contributed by atoms with Gasteiger partial charge in [-0.25, -0.2) is 12.8 Å². The largest absolute Gasteiger partial charge is 0.466 e. The normalized spacial score (nSPS) is 12.5. The van der Waals surface area contributed by atoms with Crippen molar-refractivity contribution in [3.63, 3.8) is 0 Å². The maximum Gasteiger partial charge on any atom is 0.313 e. The van der Waals surface area contributed by atoms with Crippen molar-refractivity contribution in [3.8, 4) is 16.8 Å². The summed E-state index contributed by atoms with van der Waals surface area (Å²) in [7, 11) is -3.73. The Hall–Kier alpha value is -2.93. The summed E-state index contributed by atoms with van der Waals surface area (Å²) in [6, 6.07) is 14.7. The molecule has 0 N–H and O–H groups in total. The van der Waals surface area contributed by atoms with Gasteiger partial charge < -0.3 is 9.30 Å². The van der Waals surface area contributed by atoms with Crippen LogP contribution in [0.4, 0.5) is 4.39 Å². The van der Waals surface area contributed by atoms with E-state index in [0.717, 1.165) is 6.26 Å². The van der Waals surface area contributed by atoms with Gasteiger partial charge in [0.25, 0.3) is 0 Å². The molecule has 0 aliphatic carbocycles. The van der Waals surface area contributed by atoms with Crippen molar-refractivity contribution in [3.05, 3.63) is 71.7 Å². The zero-order valence-electron chi connectivity index (χ0n) is 18.1. The van der Waals surface area contributed by atoms with Crippen LogP contribution >= 0.6 is 0 Å². The van der Waals surface area contributed by atoms with Crippen LogP contribution in [0.25, 0.3) is 16.8 Å². The average Bonchev–Trinajstić information content (AvgIpc) is 3.04. The molecule has 164 valence electrons. The molecule has 3 aromatic rings. The lowest BCUT2D eigenvalue weighted by Crippen LogP contribution is -2.16. The number of aromatic nitrogens is 1. The van der Waals surface area contributed by atoms with Crippen LogP contribution in [0.2, 0.25) is 0 Å². The minimum atomic E-state index is -3.73. The van der Waals surface area contributed by atoms with Crippen LogP contribution in [0.5, 0.6) is 0 Å². The fourth-order valence-electron chi connectivity index (χ4n) is 3.97. The fraction of sp³-hybridized carbons (Fsp3) is 0.292. The Bertz CT molecular complexity index is 1180. The number of hydrogen-bond donors (Lipinski definition) is 0. The molecule has 0 radical (unpaired) electrons. The van der Waals surface area contributed by atoms with Gasteiger partial charge in [0.05, 0.1) is 12.5 Å². The second kappa shape index (κ2) is 9.06. The maximum atomic E-state index is 13.6. The van der Waals surface area contributed by atoms with Crippen LogP contribution in [0.15, 0.2) is 59.6 Å². The summed E-state index contributed by atoms with van der Waals surface area (Å²) >= 11 is 0. The van der Waals surface area contributed by atoms with Crippen molar-refractivity contribution in [1.29, 1.82) is 0 Å². The molecular weight excluding hydrogens is 417 g/mol. The van der Waals surface area contributed by atoms with Gasteiger partial charge in [-0.2, -0.15) is 0 Å². The van der Waals surface area contributed by atoms with Gasteiger partial charge in [-0.3, -0.25) is 4.79 Å². The molecule has 0 saturated carbocycles. The lowest BCUT2D eigenvalue weighted by molar-refractivity contribution is -0.145. The molecule has 1 heterocycles. The van der Waals surface area contributed by atoms with E-state index < -0.39 is 27.5 Å². The summed E-state index contributed by atoms with van der Waals surface area (Å²) in [6.45, 7) is 5.61. The Labute approximate surface area is 182 Å². The first kappa shape index (κ1) is 22.7. The monoisotopic (exact) mass is 443 g/mol. The molecule has 0 spiro atoms. The van der Waals surface area contributed by atoms with Crippen LogP contribution in [0, 0.1) is 12.7 Å². The van der Waals surface area contributed by atoms with Crippen molar-refractivity contribution in [2.24, 2.45) is 0 Å². The van der Waals surface area contributed by atoms with E-state index >= 15 is 0 Å². The predicted molar refractivity (Wildman–Crippen MR) is 119 cm³/mol. The molecule has 0 bridgehead atoms. The van der Waals surface area contributed by atoms with Gasteiger partial charge in [0.1, 0.15) is 10.8 Å². The minimum Gasteiger partial charge on any atom is -0.466 e. The van der Waals surface area contributed by atoms with Crippen molar-refractivity contribution < 1.29 is 22.3 Å². The van der Waals surface area contributed by atoms with Crippen LogP contribution in [-0.4, -0.2) is 31.8 Å². The van der Waals surface area contributed by atoms with E-state index in [-0.39, 0.29) is 11.6 Å². The summed E-state index contributed by atoms with van der Waals surface area (Å²) < 4.78 is 46.6. The maximum absolute atomic E-state index is 13.6. The van der Waals surface area contributed by atoms with E-state index in [2.05, 4.69) is 0 Å². The fourth-order valence-corrected chi connectivity index (χ4v) is 5.15. The van der Waals surface area contributed by atoms with Crippen LogP contribution < -0.4 is 0 Å². The number of nitrogens with zero attached hydrogens (tertiary/aromatic N) is 1. The Kier molecular flexibility index (Phi) is 6.65. The third-order valence-electron chi connectivity index (χ3n) is 5.24. The van der Waals surface area contributed by atoms with E-state index in [0.29, 0.717) is 34.5 Å². The Balaban J connectivity index is 2.47. The lowest BCUT2D eigenvalue weighted by atomic mass is 9.90. The summed E-state index contributed by atoms with van der Waals surface area (Å²) in [5.41, 5.74) is 2.87. The number of benzene rings is 2. The third-order valence-corrected chi connectivity index (χ3v) is 6.33. The molecule has 31 heavy (non-hydrogen) atoms. The highest BCUT2D eigenvalue weighted by Gasteiger charge is 2.34. The van der Waals surface area contributed by atoms with Gasteiger partial charge in [-0.1, -0.05) is 37.3 Å². The number of hydrogen-bond acceptors (Lipinski definition) is 4. The van der Waals surface area contributed by atoms with Crippen LogP contribution in [0.3, 0.4) is 0 Å². The molecule has 0 fully saturated rings. The number of halogens is 1. The molecule has 2 aromatic carbocycles. The van der Waals surface area contributed by atoms with Gasteiger partial charge in [-0.15, -0.1) is 0 Å². The van der Waals surface area contributed by atoms with E-state index in [9.17, 15) is 17.6 Å². The summed E-state index contributed by atoms with van der Waals surface area (Å²) in [6.07, 6.45) is 1.58. The first-order chi connectivity index (χ1) is 14.7. The van der Waals surface area contributed by atoms with Gasteiger partial charge in [0.2, 0.25) is 0 Å². The third kappa shape index (κ3) is 4.42. The van der Waals surface area contributed by atoms with Gasteiger partial charge in [-0.05, 0) is 55.7 Å². The molecule has 1 aromatic heterocycles. The second-order valence-electron chi connectivity index (χ2n) is 7.34. The molecule has 1 unspecified atom stereocenters. The highest BCUT2D eigenvalue weighted by molar-refractivity contribution is 7.90. The number of rotatable bonds is 7. The number of carbonyl (C=O) groups is 1. The van der Waals surface area contributed by atoms with Crippen molar-refractivity contribution in [2.75, 3.05) is 12.9 Å².